The summed E-state index contributed by atoms with van der Waals surface area (Å²) in [6.07, 6.45) is 0.900. The van der Waals surface area contributed by atoms with Crippen LogP contribution < -0.4 is 20.7 Å². The van der Waals surface area contributed by atoms with Crippen molar-refractivity contribution in [2.45, 2.75) is 19.0 Å². The number of nitrogens with one attached hydrogen (secondary N) is 1. The molecular weight excluding hydrogens is 312 g/mol. The standard InChI is InChI=1S/C16H20N4O2S/c1-22-14-5-3-2-4-13(14)20-7-6-11(9-20)18-16(21)12-10-23-15(8-17)19-12/h2-5,10-11H,6-9,17H2,1H3,(H,18,21). The van der Waals surface area contributed by atoms with E-state index in [-0.39, 0.29) is 11.9 Å². The van der Waals surface area contributed by atoms with E-state index < -0.39 is 0 Å². The fourth-order valence-electron chi connectivity index (χ4n) is 2.76. The van der Waals surface area contributed by atoms with E-state index in [1.807, 2.05) is 24.3 Å². The molecule has 1 aromatic heterocycles. The van der Waals surface area contributed by atoms with E-state index in [0.29, 0.717) is 12.2 Å². The number of nitrogens with zero attached hydrogens (tertiary/aromatic N) is 2. The molecule has 0 saturated carbocycles. The Balaban J connectivity index is 1.62. The zero-order valence-electron chi connectivity index (χ0n) is 13.0. The van der Waals surface area contributed by atoms with Crippen LogP contribution in [0.4, 0.5) is 5.69 Å². The van der Waals surface area contributed by atoms with Crippen molar-refractivity contribution >= 4 is 22.9 Å². The summed E-state index contributed by atoms with van der Waals surface area (Å²) in [6.45, 7) is 2.01. The van der Waals surface area contributed by atoms with Crippen molar-refractivity contribution in [2.24, 2.45) is 5.73 Å². The molecule has 1 unspecified atom stereocenters. The summed E-state index contributed by atoms with van der Waals surface area (Å²) in [5, 5.41) is 5.58. The van der Waals surface area contributed by atoms with Gasteiger partial charge in [0.05, 0.1) is 12.8 Å². The number of ether oxygens (including phenoxy) is 1. The topological polar surface area (TPSA) is 80.5 Å². The number of thiazole rings is 1. The van der Waals surface area contributed by atoms with E-state index in [9.17, 15) is 4.79 Å². The zero-order chi connectivity index (χ0) is 16.2. The predicted octanol–water partition coefficient (Wildman–Crippen LogP) is 1.62. The average Bonchev–Trinajstić information content (AvgIpc) is 3.24. The molecule has 1 atom stereocenters. The van der Waals surface area contributed by atoms with Crippen LogP contribution in [-0.4, -0.2) is 37.1 Å². The molecule has 3 rings (SSSR count). The summed E-state index contributed by atoms with van der Waals surface area (Å²) < 4.78 is 5.41. The van der Waals surface area contributed by atoms with Gasteiger partial charge in [-0.05, 0) is 18.6 Å². The van der Waals surface area contributed by atoms with Gasteiger partial charge in [0.15, 0.2) is 0 Å². The molecule has 1 saturated heterocycles. The molecule has 0 radical (unpaired) electrons. The SMILES string of the molecule is COc1ccccc1N1CCC(NC(=O)c2csc(CN)n2)C1. The Labute approximate surface area is 139 Å². The molecule has 7 heteroatoms. The molecule has 23 heavy (non-hydrogen) atoms. The average molecular weight is 332 g/mol. The second kappa shape index (κ2) is 6.97. The van der Waals surface area contributed by atoms with Crippen molar-refractivity contribution in [3.63, 3.8) is 0 Å². The van der Waals surface area contributed by atoms with Gasteiger partial charge in [0, 0.05) is 31.1 Å². The van der Waals surface area contributed by atoms with Crippen LogP contribution in [0, 0.1) is 0 Å². The maximum Gasteiger partial charge on any atom is 0.271 e. The molecule has 2 heterocycles. The quantitative estimate of drug-likeness (QED) is 0.870. The van der Waals surface area contributed by atoms with Crippen LogP contribution in [0.25, 0.3) is 0 Å². The number of para-hydroxylation sites is 2. The number of aromatic nitrogens is 1. The lowest BCUT2D eigenvalue weighted by Crippen LogP contribution is -2.37. The highest BCUT2D eigenvalue weighted by Gasteiger charge is 2.26. The van der Waals surface area contributed by atoms with Crippen molar-refractivity contribution < 1.29 is 9.53 Å². The van der Waals surface area contributed by atoms with Gasteiger partial charge in [0.25, 0.3) is 5.91 Å². The van der Waals surface area contributed by atoms with Gasteiger partial charge < -0.3 is 20.7 Å². The van der Waals surface area contributed by atoms with Gasteiger partial charge in [-0.15, -0.1) is 11.3 Å². The molecular formula is C16H20N4O2S. The third kappa shape index (κ3) is 3.46. The number of amides is 1. The number of methoxy groups -OCH3 is 1. The monoisotopic (exact) mass is 332 g/mol. The summed E-state index contributed by atoms with van der Waals surface area (Å²) >= 11 is 1.41. The molecule has 0 spiro atoms. The molecule has 1 aromatic carbocycles. The number of carbonyl (C=O) groups is 1. The van der Waals surface area contributed by atoms with Crippen molar-refractivity contribution in [2.75, 3.05) is 25.1 Å². The predicted molar refractivity (Wildman–Crippen MR) is 91.1 cm³/mol. The van der Waals surface area contributed by atoms with Gasteiger partial charge >= 0.3 is 0 Å². The second-order valence-electron chi connectivity index (χ2n) is 5.41. The van der Waals surface area contributed by atoms with Gasteiger partial charge in [0.2, 0.25) is 0 Å². The maximum absolute atomic E-state index is 12.2. The van der Waals surface area contributed by atoms with Crippen LogP contribution >= 0.6 is 11.3 Å². The first-order valence-electron chi connectivity index (χ1n) is 7.54. The minimum atomic E-state index is -0.132. The van der Waals surface area contributed by atoms with Gasteiger partial charge in [-0.2, -0.15) is 0 Å². The van der Waals surface area contributed by atoms with Gasteiger partial charge in [-0.3, -0.25) is 4.79 Å². The minimum absolute atomic E-state index is 0.107. The molecule has 1 aliphatic heterocycles. The summed E-state index contributed by atoms with van der Waals surface area (Å²) in [6, 6.07) is 8.04. The number of hydrogen-bond donors (Lipinski definition) is 2. The first-order valence-corrected chi connectivity index (χ1v) is 8.42. The first-order chi connectivity index (χ1) is 11.2. The Kier molecular flexibility index (Phi) is 4.78. The van der Waals surface area contributed by atoms with E-state index in [0.717, 1.165) is 36.0 Å². The highest BCUT2D eigenvalue weighted by Crippen LogP contribution is 2.30. The molecule has 3 N–H and O–H groups in total. The fraction of sp³-hybridized carbons (Fsp3) is 0.375. The Morgan fingerprint density at radius 2 is 2.35 bits per heavy atom. The normalized spacial score (nSPS) is 17.3. The lowest BCUT2D eigenvalue weighted by atomic mass is 10.2. The first kappa shape index (κ1) is 15.8. The van der Waals surface area contributed by atoms with E-state index in [1.54, 1.807) is 12.5 Å². The number of carbonyl (C=O) groups excluding carboxylic acids is 1. The van der Waals surface area contributed by atoms with Crippen LogP contribution in [-0.2, 0) is 6.54 Å². The van der Waals surface area contributed by atoms with Crippen LogP contribution in [0.3, 0.4) is 0 Å². The zero-order valence-corrected chi connectivity index (χ0v) is 13.8. The van der Waals surface area contributed by atoms with Gasteiger partial charge in [-0.1, -0.05) is 12.1 Å². The van der Waals surface area contributed by atoms with E-state index >= 15 is 0 Å². The largest absolute Gasteiger partial charge is 0.495 e. The number of anilines is 1. The molecule has 0 bridgehead atoms. The minimum Gasteiger partial charge on any atom is -0.495 e. The Morgan fingerprint density at radius 1 is 1.52 bits per heavy atom. The van der Waals surface area contributed by atoms with Gasteiger partial charge in [-0.25, -0.2) is 4.98 Å². The molecule has 1 aliphatic rings. The highest BCUT2D eigenvalue weighted by atomic mass is 32.1. The number of benzene rings is 1. The summed E-state index contributed by atoms with van der Waals surface area (Å²) in [4.78, 5) is 18.7. The van der Waals surface area contributed by atoms with E-state index in [4.69, 9.17) is 10.5 Å². The molecule has 2 aromatic rings. The summed E-state index contributed by atoms with van der Waals surface area (Å²) in [5.41, 5.74) is 7.05. The Bertz CT molecular complexity index is 688. The van der Waals surface area contributed by atoms with Crippen LogP contribution in [0.2, 0.25) is 0 Å². The van der Waals surface area contributed by atoms with Crippen molar-refractivity contribution in [1.82, 2.24) is 10.3 Å². The summed E-state index contributed by atoms with van der Waals surface area (Å²) in [5.74, 6) is 0.722. The number of rotatable bonds is 5. The Morgan fingerprint density at radius 3 is 3.09 bits per heavy atom. The fourth-order valence-corrected chi connectivity index (χ4v) is 3.41. The molecule has 0 aliphatic carbocycles. The Hall–Kier alpha value is -2.12. The lowest BCUT2D eigenvalue weighted by molar-refractivity contribution is 0.0936. The van der Waals surface area contributed by atoms with Crippen molar-refractivity contribution in [3.8, 4) is 5.75 Å². The third-order valence-electron chi connectivity index (χ3n) is 3.91. The summed E-state index contributed by atoms with van der Waals surface area (Å²) in [7, 11) is 1.67. The molecule has 1 fully saturated rings. The van der Waals surface area contributed by atoms with Crippen LogP contribution in [0.1, 0.15) is 21.9 Å². The van der Waals surface area contributed by atoms with E-state index in [2.05, 4.69) is 15.2 Å². The smallest absolute Gasteiger partial charge is 0.271 e. The van der Waals surface area contributed by atoms with Crippen LogP contribution in [0.5, 0.6) is 5.75 Å². The van der Waals surface area contributed by atoms with Crippen LogP contribution in [0.15, 0.2) is 29.6 Å². The lowest BCUT2D eigenvalue weighted by Gasteiger charge is -2.21. The molecule has 1 amide bonds. The third-order valence-corrected chi connectivity index (χ3v) is 4.78. The van der Waals surface area contributed by atoms with Crippen molar-refractivity contribution in [3.05, 3.63) is 40.3 Å². The van der Waals surface area contributed by atoms with Crippen molar-refractivity contribution in [1.29, 1.82) is 0 Å². The molecule has 122 valence electrons. The number of nitrogens with two attached hydrogens (primary N) is 1. The van der Waals surface area contributed by atoms with E-state index in [1.165, 1.54) is 11.3 Å². The molecule has 6 nitrogen and oxygen atoms in total. The highest BCUT2D eigenvalue weighted by molar-refractivity contribution is 7.09. The second-order valence-corrected chi connectivity index (χ2v) is 6.35. The maximum atomic E-state index is 12.2. The van der Waals surface area contributed by atoms with Gasteiger partial charge in [0.1, 0.15) is 16.5 Å². The number of hydrogen-bond acceptors (Lipinski definition) is 6.